The summed E-state index contributed by atoms with van der Waals surface area (Å²) < 4.78 is 6.48. The molecule has 0 spiro atoms. The molecular formula is C17H22BrClN2O3. The number of piperidine rings is 1. The van der Waals surface area contributed by atoms with Gasteiger partial charge in [-0.3, -0.25) is 9.59 Å². The zero-order valence-electron chi connectivity index (χ0n) is 13.9. The maximum Gasteiger partial charge on any atom is 0.263 e. The van der Waals surface area contributed by atoms with Gasteiger partial charge in [0.2, 0.25) is 5.91 Å². The van der Waals surface area contributed by atoms with Crippen LogP contribution in [0.25, 0.3) is 0 Å². The van der Waals surface area contributed by atoms with E-state index in [9.17, 15) is 9.59 Å². The quantitative estimate of drug-likeness (QED) is 0.799. The molecule has 1 saturated heterocycles. The third-order valence-electron chi connectivity index (χ3n) is 3.96. The Morgan fingerprint density at radius 1 is 1.50 bits per heavy atom. The van der Waals surface area contributed by atoms with E-state index in [1.54, 1.807) is 30.0 Å². The number of benzene rings is 1. The van der Waals surface area contributed by atoms with E-state index in [-0.39, 0.29) is 17.9 Å². The average molecular weight is 418 g/mol. The smallest absolute Gasteiger partial charge is 0.263 e. The van der Waals surface area contributed by atoms with Gasteiger partial charge in [0, 0.05) is 30.6 Å². The number of halogens is 2. The van der Waals surface area contributed by atoms with Crippen molar-refractivity contribution in [3.05, 3.63) is 27.7 Å². The molecule has 0 bridgehead atoms. The molecule has 1 heterocycles. The average Bonchev–Trinajstić information content (AvgIpc) is 2.56. The molecule has 0 saturated carbocycles. The topological polar surface area (TPSA) is 58.6 Å². The predicted molar refractivity (Wildman–Crippen MR) is 97.3 cm³/mol. The van der Waals surface area contributed by atoms with Crippen LogP contribution in [0.4, 0.5) is 0 Å². The van der Waals surface area contributed by atoms with Gasteiger partial charge < -0.3 is 15.0 Å². The molecule has 2 rings (SSSR count). The molecule has 2 unspecified atom stereocenters. The van der Waals surface area contributed by atoms with E-state index in [1.807, 2.05) is 6.92 Å². The molecule has 132 valence electrons. The molecule has 7 heteroatoms. The standard InChI is InChI=1S/C17H22BrClN2O3/c1-3-16(22)20-13-5-4-8-21(10-13)17(23)11(2)24-15-7-6-12(19)9-14(15)18/h6-7,9,11,13H,3-5,8,10H2,1-2H3,(H,20,22). The van der Waals surface area contributed by atoms with Crippen molar-refractivity contribution < 1.29 is 14.3 Å². The number of ether oxygens (including phenoxy) is 1. The summed E-state index contributed by atoms with van der Waals surface area (Å²) in [5.74, 6) is 0.518. The first-order chi connectivity index (χ1) is 11.4. The van der Waals surface area contributed by atoms with E-state index < -0.39 is 6.10 Å². The number of carbonyl (C=O) groups is 2. The Bertz CT molecular complexity index is 611. The number of carbonyl (C=O) groups excluding carboxylic acids is 2. The van der Waals surface area contributed by atoms with E-state index in [2.05, 4.69) is 21.2 Å². The molecule has 0 radical (unpaired) electrons. The van der Waals surface area contributed by atoms with Crippen LogP contribution in [0.2, 0.25) is 5.02 Å². The van der Waals surface area contributed by atoms with Crippen molar-refractivity contribution in [1.29, 1.82) is 0 Å². The van der Waals surface area contributed by atoms with E-state index >= 15 is 0 Å². The predicted octanol–water partition coefficient (Wildman–Crippen LogP) is 3.39. The highest BCUT2D eigenvalue weighted by Gasteiger charge is 2.28. The summed E-state index contributed by atoms with van der Waals surface area (Å²) in [4.78, 5) is 25.9. The lowest BCUT2D eigenvalue weighted by Gasteiger charge is -2.34. The minimum absolute atomic E-state index is 0.0173. The highest BCUT2D eigenvalue weighted by Crippen LogP contribution is 2.29. The normalized spacial score (nSPS) is 18.8. The molecule has 0 aliphatic carbocycles. The van der Waals surface area contributed by atoms with Crippen molar-refractivity contribution in [2.45, 2.75) is 45.3 Å². The minimum Gasteiger partial charge on any atom is -0.480 e. The van der Waals surface area contributed by atoms with Crippen LogP contribution in [0.15, 0.2) is 22.7 Å². The van der Waals surface area contributed by atoms with E-state index in [1.165, 1.54) is 0 Å². The van der Waals surface area contributed by atoms with Gasteiger partial charge >= 0.3 is 0 Å². The van der Waals surface area contributed by atoms with Gasteiger partial charge in [0.25, 0.3) is 5.91 Å². The summed E-state index contributed by atoms with van der Waals surface area (Å²) in [6, 6.07) is 5.20. The molecule has 2 atom stereocenters. The van der Waals surface area contributed by atoms with Crippen LogP contribution in [0, 0.1) is 0 Å². The Kier molecular flexibility index (Phi) is 6.92. The number of hydrogen-bond acceptors (Lipinski definition) is 3. The van der Waals surface area contributed by atoms with Crippen LogP contribution in [-0.4, -0.2) is 41.9 Å². The second kappa shape index (κ2) is 8.72. The number of hydrogen-bond donors (Lipinski definition) is 1. The Morgan fingerprint density at radius 3 is 2.92 bits per heavy atom. The van der Waals surface area contributed by atoms with Crippen molar-refractivity contribution in [3.63, 3.8) is 0 Å². The number of rotatable bonds is 5. The molecule has 1 fully saturated rings. The number of nitrogens with zero attached hydrogens (tertiary/aromatic N) is 1. The van der Waals surface area contributed by atoms with Crippen molar-refractivity contribution in [3.8, 4) is 5.75 Å². The molecule has 24 heavy (non-hydrogen) atoms. The van der Waals surface area contributed by atoms with Crippen LogP contribution < -0.4 is 10.1 Å². The van der Waals surface area contributed by atoms with Crippen molar-refractivity contribution in [1.82, 2.24) is 10.2 Å². The maximum absolute atomic E-state index is 12.6. The van der Waals surface area contributed by atoms with Gasteiger partial charge in [-0.2, -0.15) is 0 Å². The minimum atomic E-state index is -0.608. The van der Waals surface area contributed by atoms with Crippen molar-refractivity contribution in [2.75, 3.05) is 13.1 Å². The Labute approximate surface area is 155 Å². The fourth-order valence-electron chi connectivity index (χ4n) is 2.69. The fraction of sp³-hybridized carbons (Fsp3) is 0.529. The van der Waals surface area contributed by atoms with Crippen molar-refractivity contribution in [2.24, 2.45) is 0 Å². The molecule has 1 aliphatic rings. The molecule has 5 nitrogen and oxygen atoms in total. The van der Waals surface area contributed by atoms with Crippen molar-refractivity contribution >= 4 is 39.3 Å². The fourth-order valence-corrected chi connectivity index (χ4v) is 3.47. The first kappa shape index (κ1) is 19.1. The van der Waals surface area contributed by atoms with Gasteiger partial charge in [0.05, 0.1) is 4.47 Å². The van der Waals surface area contributed by atoms with Gasteiger partial charge in [-0.25, -0.2) is 0 Å². The lowest BCUT2D eigenvalue weighted by Crippen LogP contribution is -2.52. The number of amides is 2. The summed E-state index contributed by atoms with van der Waals surface area (Å²) in [5, 5.41) is 3.56. The summed E-state index contributed by atoms with van der Waals surface area (Å²) in [6.07, 6.45) is 1.61. The number of nitrogens with one attached hydrogen (secondary N) is 1. The van der Waals surface area contributed by atoms with Gasteiger partial charge in [-0.15, -0.1) is 0 Å². The van der Waals surface area contributed by atoms with E-state index in [0.29, 0.717) is 34.8 Å². The highest BCUT2D eigenvalue weighted by atomic mass is 79.9. The van der Waals surface area contributed by atoms with Gasteiger partial charge in [0.15, 0.2) is 6.10 Å². The largest absolute Gasteiger partial charge is 0.480 e. The van der Waals surface area contributed by atoms with Crippen LogP contribution in [0.1, 0.15) is 33.1 Å². The summed E-state index contributed by atoms with van der Waals surface area (Å²) in [7, 11) is 0. The first-order valence-corrected chi connectivity index (χ1v) is 9.27. The third kappa shape index (κ3) is 5.11. The van der Waals surface area contributed by atoms with Crippen LogP contribution in [0.3, 0.4) is 0 Å². The Morgan fingerprint density at radius 2 is 2.25 bits per heavy atom. The Hall–Kier alpha value is -1.27. The molecular weight excluding hydrogens is 396 g/mol. The Balaban J connectivity index is 1.95. The molecule has 1 N–H and O–H groups in total. The lowest BCUT2D eigenvalue weighted by atomic mass is 10.0. The zero-order valence-corrected chi connectivity index (χ0v) is 16.2. The van der Waals surface area contributed by atoms with Gasteiger partial charge in [0.1, 0.15) is 5.75 Å². The van der Waals surface area contributed by atoms with Crippen LogP contribution >= 0.6 is 27.5 Å². The summed E-state index contributed by atoms with van der Waals surface area (Å²) >= 11 is 9.30. The van der Waals surface area contributed by atoms with Gasteiger partial charge in [-0.05, 0) is 53.9 Å². The van der Waals surface area contributed by atoms with Gasteiger partial charge in [-0.1, -0.05) is 18.5 Å². The maximum atomic E-state index is 12.6. The summed E-state index contributed by atoms with van der Waals surface area (Å²) in [6.45, 7) is 4.77. The van der Waals surface area contributed by atoms with Crippen LogP contribution in [0.5, 0.6) is 5.75 Å². The molecule has 0 aromatic heterocycles. The molecule has 1 aromatic rings. The SMILES string of the molecule is CCC(=O)NC1CCCN(C(=O)C(C)Oc2ccc(Cl)cc2Br)C1. The molecule has 2 amide bonds. The second-order valence-electron chi connectivity index (χ2n) is 5.88. The van der Waals surface area contributed by atoms with Crippen LogP contribution in [-0.2, 0) is 9.59 Å². The third-order valence-corrected chi connectivity index (χ3v) is 4.82. The first-order valence-electron chi connectivity index (χ1n) is 8.10. The van der Waals surface area contributed by atoms with E-state index in [0.717, 1.165) is 12.8 Å². The highest BCUT2D eigenvalue weighted by molar-refractivity contribution is 9.10. The molecule has 1 aromatic carbocycles. The monoisotopic (exact) mass is 416 g/mol. The summed E-state index contributed by atoms with van der Waals surface area (Å²) in [5.41, 5.74) is 0. The second-order valence-corrected chi connectivity index (χ2v) is 7.17. The number of likely N-dealkylation sites (tertiary alicyclic amines) is 1. The lowest BCUT2D eigenvalue weighted by molar-refractivity contribution is -0.140. The molecule has 1 aliphatic heterocycles. The van der Waals surface area contributed by atoms with E-state index in [4.69, 9.17) is 16.3 Å². The zero-order chi connectivity index (χ0) is 17.7.